The zero-order valence-corrected chi connectivity index (χ0v) is 12.9. The third-order valence-corrected chi connectivity index (χ3v) is 4.52. The van der Waals surface area contributed by atoms with Crippen molar-refractivity contribution in [1.82, 2.24) is 4.72 Å². The second-order valence-electron chi connectivity index (χ2n) is 5.06. The van der Waals surface area contributed by atoms with Gasteiger partial charge in [-0.1, -0.05) is 13.3 Å². The lowest BCUT2D eigenvalue weighted by molar-refractivity contribution is 0.0637. The standard InChI is InChI=1S/C13H23N3O3S/c1-4-7-13(2,17)9-16-10-5-6-12(11(14)8-10)20(18,19)15-3/h5-6,8,15-17H,4,7,9,14H2,1-3H3. The Morgan fingerprint density at radius 2 is 2.05 bits per heavy atom. The van der Waals surface area contributed by atoms with E-state index < -0.39 is 15.6 Å². The minimum absolute atomic E-state index is 0.0471. The van der Waals surface area contributed by atoms with Crippen LogP contribution in [0.25, 0.3) is 0 Å². The van der Waals surface area contributed by atoms with Gasteiger partial charge in [-0.3, -0.25) is 0 Å². The van der Waals surface area contributed by atoms with Gasteiger partial charge >= 0.3 is 0 Å². The topological polar surface area (TPSA) is 104 Å². The van der Waals surface area contributed by atoms with Crippen molar-refractivity contribution >= 4 is 21.4 Å². The molecule has 1 rings (SSSR count). The predicted molar refractivity (Wildman–Crippen MR) is 81.1 cm³/mol. The molecule has 0 aliphatic rings. The molecule has 0 amide bonds. The first kappa shape index (κ1) is 16.7. The molecule has 6 nitrogen and oxygen atoms in total. The molecule has 0 radical (unpaired) electrons. The molecule has 0 aliphatic heterocycles. The van der Waals surface area contributed by atoms with Crippen LogP contribution in [0.15, 0.2) is 23.1 Å². The molecule has 5 N–H and O–H groups in total. The first-order chi connectivity index (χ1) is 9.22. The fourth-order valence-corrected chi connectivity index (χ4v) is 2.77. The molecule has 114 valence electrons. The van der Waals surface area contributed by atoms with Gasteiger partial charge in [0.2, 0.25) is 10.0 Å². The van der Waals surface area contributed by atoms with Crippen LogP contribution in [0.4, 0.5) is 11.4 Å². The highest BCUT2D eigenvalue weighted by Gasteiger charge is 2.19. The highest BCUT2D eigenvalue weighted by atomic mass is 32.2. The number of sulfonamides is 1. The van der Waals surface area contributed by atoms with E-state index >= 15 is 0 Å². The molecule has 1 unspecified atom stereocenters. The van der Waals surface area contributed by atoms with Crippen LogP contribution in [0.5, 0.6) is 0 Å². The number of benzene rings is 1. The monoisotopic (exact) mass is 301 g/mol. The third-order valence-electron chi connectivity index (χ3n) is 3.03. The average molecular weight is 301 g/mol. The third kappa shape index (κ3) is 4.36. The van der Waals surface area contributed by atoms with Crippen molar-refractivity contribution in [2.75, 3.05) is 24.6 Å². The maximum Gasteiger partial charge on any atom is 0.242 e. The van der Waals surface area contributed by atoms with E-state index in [1.54, 1.807) is 19.1 Å². The highest BCUT2D eigenvalue weighted by molar-refractivity contribution is 7.89. The summed E-state index contributed by atoms with van der Waals surface area (Å²) in [7, 11) is -2.21. The summed E-state index contributed by atoms with van der Waals surface area (Å²) in [6.45, 7) is 4.13. The maximum absolute atomic E-state index is 11.7. The first-order valence-corrected chi connectivity index (χ1v) is 7.99. The van der Waals surface area contributed by atoms with E-state index in [0.717, 1.165) is 6.42 Å². The van der Waals surface area contributed by atoms with E-state index in [1.165, 1.54) is 13.1 Å². The van der Waals surface area contributed by atoms with Crippen molar-refractivity contribution in [1.29, 1.82) is 0 Å². The Morgan fingerprint density at radius 1 is 1.40 bits per heavy atom. The SMILES string of the molecule is CCCC(C)(O)CNc1ccc(S(=O)(=O)NC)c(N)c1. The number of nitrogen functional groups attached to an aromatic ring is 1. The Balaban J connectivity index is 2.84. The van der Waals surface area contributed by atoms with Gasteiger partial charge in [-0.05, 0) is 38.6 Å². The molecule has 0 aliphatic carbocycles. The summed E-state index contributed by atoms with van der Waals surface area (Å²) >= 11 is 0. The number of hydrogen-bond donors (Lipinski definition) is 4. The van der Waals surface area contributed by atoms with E-state index in [-0.39, 0.29) is 10.6 Å². The van der Waals surface area contributed by atoms with Crippen LogP contribution in [0, 0.1) is 0 Å². The Labute approximate surface area is 120 Å². The van der Waals surface area contributed by atoms with Crippen LogP contribution >= 0.6 is 0 Å². The lowest BCUT2D eigenvalue weighted by Crippen LogP contribution is -2.33. The summed E-state index contributed by atoms with van der Waals surface area (Å²) in [6.07, 6.45) is 1.57. The van der Waals surface area contributed by atoms with Crippen LogP contribution in [-0.4, -0.2) is 32.7 Å². The molecule has 7 heteroatoms. The van der Waals surface area contributed by atoms with E-state index in [0.29, 0.717) is 18.7 Å². The molecular weight excluding hydrogens is 278 g/mol. The molecule has 0 heterocycles. The summed E-state index contributed by atoms with van der Waals surface area (Å²) in [5, 5.41) is 13.1. The lowest BCUT2D eigenvalue weighted by Gasteiger charge is -2.23. The molecular formula is C13H23N3O3S. The average Bonchev–Trinajstić information content (AvgIpc) is 2.36. The van der Waals surface area contributed by atoms with E-state index in [1.807, 2.05) is 6.92 Å². The van der Waals surface area contributed by atoms with Gasteiger partial charge in [0.15, 0.2) is 0 Å². The van der Waals surface area contributed by atoms with Gasteiger partial charge in [-0.2, -0.15) is 0 Å². The second-order valence-corrected chi connectivity index (χ2v) is 6.92. The molecule has 20 heavy (non-hydrogen) atoms. The second kappa shape index (κ2) is 6.43. The van der Waals surface area contributed by atoms with Crippen LogP contribution in [0.2, 0.25) is 0 Å². The number of rotatable bonds is 7. The van der Waals surface area contributed by atoms with Gasteiger partial charge in [-0.15, -0.1) is 0 Å². The fourth-order valence-electron chi connectivity index (χ4n) is 1.93. The summed E-state index contributed by atoms with van der Waals surface area (Å²) in [6, 6.07) is 4.62. The van der Waals surface area contributed by atoms with Crippen LogP contribution in [0.1, 0.15) is 26.7 Å². The smallest absolute Gasteiger partial charge is 0.242 e. The van der Waals surface area contributed by atoms with Crippen LogP contribution < -0.4 is 15.8 Å². The van der Waals surface area contributed by atoms with Crippen LogP contribution in [-0.2, 0) is 10.0 Å². The van der Waals surface area contributed by atoms with E-state index in [2.05, 4.69) is 10.0 Å². The zero-order chi connectivity index (χ0) is 15.4. The number of nitrogens with one attached hydrogen (secondary N) is 2. The molecule has 0 saturated carbocycles. The van der Waals surface area contributed by atoms with Gasteiger partial charge in [0, 0.05) is 12.2 Å². The minimum atomic E-state index is -3.55. The fraction of sp³-hybridized carbons (Fsp3) is 0.538. The van der Waals surface area contributed by atoms with Crippen molar-refractivity contribution in [3.05, 3.63) is 18.2 Å². The summed E-state index contributed by atoms with van der Waals surface area (Å²) in [4.78, 5) is 0.0471. The number of aliphatic hydroxyl groups is 1. The van der Waals surface area contributed by atoms with E-state index in [4.69, 9.17) is 5.73 Å². The Morgan fingerprint density at radius 3 is 2.55 bits per heavy atom. The minimum Gasteiger partial charge on any atom is -0.398 e. The molecule has 1 aromatic rings. The molecule has 1 atom stereocenters. The normalized spacial score (nSPS) is 14.8. The van der Waals surface area contributed by atoms with Gasteiger partial charge < -0.3 is 16.2 Å². The zero-order valence-electron chi connectivity index (χ0n) is 12.1. The molecule has 0 fully saturated rings. The molecule has 1 aromatic carbocycles. The highest BCUT2D eigenvalue weighted by Crippen LogP contribution is 2.23. The molecule has 0 aromatic heterocycles. The first-order valence-electron chi connectivity index (χ1n) is 6.51. The summed E-state index contributed by atoms with van der Waals surface area (Å²) in [5.41, 5.74) is 5.79. The Hall–Kier alpha value is -1.31. The number of nitrogens with two attached hydrogens (primary N) is 1. The number of hydrogen-bond acceptors (Lipinski definition) is 5. The van der Waals surface area contributed by atoms with Gasteiger partial charge in [0.1, 0.15) is 4.90 Å². The van der Waals surface area contributed by atoms with Crippen molar-refractivity contribution in [2.45, 2.75) is 37.2 Å². The van der Waals surface area contributed by atoms with Crippen molar-refractivity contribution in [3.63, 3.8) is 0 Å². The van der Waals surface area contributed by atoms with Crippen LogP contribution in [0.3, 0.4) is 0 Å². The predicted octanol–water partition coefficient (Wildman–Crippen LogP) is 1.14. The van der Waals surface area contributed by atoms with Gasteiger partial charge in [0.25, 0.3) is 0 Å². The largest absolute Gasteiger partial charge is 0.398 e. The Kier molecular flexibility index (Phi) is 5.38. The van der Waals surface area contributed by atoms with Gasteiger partial charge in [0.05, 0.1) is 11.3 Å². The Bertz CT molecular complexity index is 556. The van der Waals surface area contributed by atoms with Crippen molar-refractivity contribution < 1.29 is 13.5 Å². The summed E-state index contributed by atoms with van der Waals surface area (Å²) in [5.74, 6) is 0. The van der Waals surface area contributed by atoms with Gasteiger partial charge in [-0.25, -0.2) is 13.1 Å². The van der Waals surface area contributed by atoms with Crippen molar-refractivity contribution in [2.24, 2.45) is 0 Å². The molecule has 0 spiro atoms. The number of anilines is 2. The maximum atomic E-state index is 11.7. The molecule has 0 bridgehead atoms. The summed E-state index contributed by atoms with van der Waals surface area (Å²) < 4.78 is 25.6. The van der Waals surface area contributed by atoms with Crippen molar-refractivity contribution in [3.8, 4) is 0 Å². The quantitative estimate of drug-likeness (QED) is 0.565. The van der Waals surface area contributed by atoms with E-state index in [9.17, 15) is 13.5 Å². The molecule has 0 saturated heterocycles. The lowest BCUT2D eigenvalue weighted by atomic mass is 10.0.